The number of benzene rings is 4. The lowest BCUT2D eigenvalue weighted by Gasteiger charge is -2.29. The van der Waals surface area contributed by atoms with Gasteiger partial charge in [0.25, 0.3) is 0 Å². The molecule has 5 aromatic rings. The summed E-state index contributed by atoms with van der Waals surface area (Å²) < 4.78 is 8.90. The maximum absolute atomic E-state index is 13.6. The van der Waals surface area contributed by atoms with Gasteiger partial charge in [0.05, 0.1) is 5.56 Å². The van der Waals surface area contributed by atoms with E-state index in [0.717, 1.165) is 58.8 Å². The van der Waals surface area contributed by atoms with Gasteiger partial charge in [-0.1, -0.05) is 60.7 Å². The molecule has 44 heavy (non-hydrogen) atoms. The number of carbonyl (C=O) groups excluding carboxylic acids is 1. The first-order valence-corrected chi connectivity index (χ1v) is 15.6. The molecule has 1 aliphatic rings. The van der Waals surface area contributed by atoms with Crippen LogP contribution in [-0.4, -0.2) is 37.7 Å². The van der Waals surface area contributed by atoms with Crippen molar-refractivity contribution >= 4 is 33.8 Å². The molecule has 0 N–H and O–H groups in total. The van der Waals surface area contributed by atoms with Crippen molar-refractivity contribution in [2.45, 2.75) is 39.8 Å². The molecular formula is C39H41N3O2. The van der Waals surface area contributed by atoms with E-state index in [-0.39, 0.29) is 5.97 Å². The number of esters is 1. The molecule has 0 saturated heterocycles. The predicted molar refractivity (Wildman–Crippen MR) is 183 cm³/mol. The van der Waals surface area contributed by atoms with Gasteiger partial charge < -0.3 is 19.1 Å². The first kappa shape index (κ1) is 29.3. The molecule has 0 amide bonds. The highest BCUT2D eigenvalue weighted by atomic mass is 16.6. The third-order valence-corrected chi connectivity index (χ3v) is 9.08. The topological polar surface area (TPSA) is 37.7 Å². The van der Waals surface area contributed by atoms with Crippen LogP contribution in [0.25, 0.3) is 16.5 Å². The molecule has 0 saturated carbocycles. The van der Waals surface area contributed by atoms with Crippen molar-refractivity contribution in [2.75, 3.05) is 37.0 Å². The average molecular weight is 584 g/mol. The van der Waals surface area contributed by atoms with Crippen molar-refractivity contribution in [3.63, 3.8) is 0 Å². The van der Waals surface area contributed by atoms with Gasteiger partial charge >= 0.3 is 5.97 Å². The van der Waals surface area contributed by atoms with Crippen LogP contribution in [0.5, 0.6) is 0 Å². The Bertz CT molecular complexity index is 1840. The number of carbonyl (C=O) groups is 1. The summed E-state index contributed by atoms with van der Waals surface area (Å²) in [6.07, 6.45) is 2.20. The summed E-state index contributed by atoms with van der Waals surface area (Å²) in [5, 5.41) is 1.18. The van der Waals surface area contributed by atoms with E-state index in [1.54, 1.807) is 0 Å². The molecule has 0 fully saturated rings. The van der Waals surface area contributed by atoms with Gasteiger partial charge in [-0.05, 0) is 81.3 Å². The zero-order valence-corrected chi connectivity index (χ0v) is 26.6. The van der Waals surface area contributed by atoms with E-state index in [2.05, 4.69) is 135 Å². The number of cyclic esters (lactones) is 1. The Hall–Kier alpha value is -4.77. The Morgan fingerprint density at radius 2 is 1.45 bits per heavy atom. The zero-order chi connectivity index (χ0) is 31.0. The molecule has 1 aliphatic heterocycles. The number of hydrogen-bond donors (Lipinski definition) is 0. The van der Waals surface area contributed by atoms with E-state index in [1.807, 2.05) is 24.3 Å². The fourth-order valence-electron chi connectivity index (χ4n) is 6.78. The fraction of sp³-hybridized carbons (Fsp3) is 0.256. The van der Waals surface area contributed by atoms with Crippen LogP contribution in [-0.2, 0) is 16.9 Å². The highest BCUT2D eigenvalue weighted by Crippen LogP contribution is 2.47. The van der Waals surface area contributed by atoms with Crippen LogP contribution < -0.4 is 9.80 Å². The number of hydrogen-bond acceptors (Lipinski definition) is 4. The number of anilines is 2. The smallest absolute Gasteiger partial charge is 0.340 e. The molecule has 1 aromatic heterocycles. The van der Waals surface area contributed by atoms with Gasteiger partial charge in [0, 0.05) is 78.4 Å². The number of aromatic nitrogens is 1. The van der Waals surface area contributed by atoms with Crippen LogP contribution in [0.2, 0.25) is 0 Å². The third-order valence-electron chi connectivity index (χ3n) is 9.08. The monoisotopic (exact) mass is 583 g/mol. The molecule has 2 heterocycles. The molecule has 224 valence electrons. The molecule has 0 radical (unpaired) electrons. The number of para-hydroxylation sites is 1. The minimum absolute atomic E-state index is 0.306. The van der Waals surface area contributed by atoms with Crippen molar-refractivity contribution in [1.29, 1.82) is 0 Å². The van der Waals surface area contributed by atoms with Gasteiger partial charge in [-0.2, -0.15) is 0 Å². The Morgan fingerprint density at radius 3 is 2.11 bits per heavy atom. The maximum atomic E-state index is 13.6. The summed E-state index contributed by atoms with van der Waals surface area (Å²) in [6, 6.07) is 33.6. The second-order valence-corrected chi connectivity index (χ2v) is 11.6. The summed E-state index contributed by atoms with van der Waals surface area (Å²) in [7, 11) is 4.10. The normalized spacial score (nSPS) is 16.2. The van der Waals surface area contributed by atoms with E-state index in [9.17, 15) is 4.79 Å². The molecule has 5 nitrogen and oxygen atoms in total. The van der Waals surface area contributed by atoms with Gasteiger partial charge in [-0.3, -0.25) is 0 Å². The summed E-state index contributed by atoms with van der Waals surface area (Å²) in [6.45, 7) is 11.4. The minimum atomic E-state index is -1.10. The van der Waals surface area contributed by atoms with Crippen molar-refractivity contribution in [3.05, 3.63) is 137 Å². The van der Waals surface area contributed by atoms with Gasteiger partial charge in [0.2, 0.25) is 0 Å². The Kier molecular flexibility index (Phi) is 7.81. The molecule has 5 heteroatoms. The molecule has 1 unspecified atom stereocenters. The Balaban J connectivity index is 1.68. The SMILES string of the molecule is CCN(CC)c1ccc(C2(/C=C(\c3ccc(N(C)C)cc3)c3c(C)n(CC)c4ccccc34)OC(=O)c3ccccc32)cc1. The van der Waals surface area contributed by atoms with Crippen LogP contribution in [0.15, 0.2) is 103 Å². The summed E-state index contributed by atoms with van der Waals surface area (Å²) >= 11 is 0. The number of fused-ring (bicyclic) bond motifs is 2. The van der Waals surface area contributed by atoms with Gasteiger partial charge in [0.1, 0.15) is 0 Å². The molecule has 4 aromatic carbocycles. The quantitative estimate of drug-likeness (QED) is 0.163. The highest BCUT2D eigenvalue weighted by Gasteiger charge is 2.46. The van der Waals surface area contributed by atoms with Gasteiger partial charge in [-0.25, -0.2) is 4.79 Å². The first-order chi connectivity index (χ1) is 21.3. The van der Waals surface area contributed by atoms with E-state index in [1.165, 1.54) is 16.6 Å². The summed E-state index contributed by atoms with van der Waals surface area (Å²) in [4.78, 5) is 18.0. The lowest BCUT2D eigenvalue weighted by molar-refractivity contribution is 0.0276. The Labute approximate surface area is 261 Å². The largest absolute Gasteiger partial charge is 0.441 e. The van der Waals surface area contributed by atoms with Crippen LogP contribution in [0, 0.1) is 6.92 Å². The molecule has 1 atom stereocenters. The standard InChI is InChI=1S/C39H41N3O2/c1-7-41(8-2)31-24-20-29(21-25-31)39(35-16-12-10-14-32(35)38(43)44-39)26-34(28-18-22-30(23-19-28)40(5)6)37-27(4)42(9-3)36-17-13-11-15-33(36)37/h10-26H,7-9H2,1-6H3/b34-26+. The van der Waals surface area contributed by atoms with Crippen LogP contribution in [0.3, 0.4) is 0 Å². The molecule has 0 aliphatic carbocycles. The Morgan fingerprint density at radius 1 is 0.818 bits per heavy atom. The van der Waals surface area contributed by atoms with Crippen molar-refractivity contribution < 1.29 is 9.53 Å². The van der Waals surface area contributed by atoms with Gasteiger partial charge in [-0.15, -0.1) is 0 Å². The lowest BCUT2D eigenvalue weighted by atomic mass is 9.81. The van der Waals surface area contributed by atoms with Crippen LogP contribution in [0.1, 0.15) is 59.1 Å². The first-order valence-electron chi connectivity index (χ1n) is 15.6. The van der Waals surface area contributed by atoms with Crippen LogP contribution in [0.4, 0.5) is 11.4 Å². The second kappa shape index (κ2) is 11.7. The maximum Gasteiger partial charge on any atom is 0.340 e. The minimum Gasteiger partial charge on any atom is -0.441 e. The number of nitrogens with zero attached hydrogens (tertiary/aromatic N) is 3. The van der Waals surface area contributed by atoms with E-state index in [0.29, 0.717) is 5.56 Å². The van der Waals surface area contributed by atoms with Crippen LogP contribution >= 0.6 is 0 Å². The average Bonchev–Trinajstić information content (AvgIpc) is 3.51. The van der Waals surface area contributed by atoms with Crippen molar-refractivity contribution in [3.8, 4) is 0 Å². The number of rotatable bonds is 9. The van der Waals surface area contributed by atoms with E-state index >= 15 is 0 Å². The van der Waals surface area contributed by atoms with Crippen molar-refractivity contribution in [2.24, 2.45) is 0 Å². The molecule has 0 bridgehead atoms. The fourth-order valence-corrected chi connectivity index (χ4v) is 6.78. The molecule has 6 rings (SSSR count). The van der Waals surface area contributed by atoms with E-state index < -0.39 is 5.60 Å². The van der Waals surface area contributed by atoms with E-state index in [4.69, 9.17) is 4.74 Å². The summed E-state index contributed by atoms with van der Waals surface area (Å²) in [5.41, 5.74) is 9.19. The third kappa shape index (κ3) is 4.77. The summed E-state index contributed by atoms with van der Waals surface area (Å²) in [5.74, 6) is -0.306. The van der Waals surface area contributed by atoms with Gasteiger partial charge in [0.15, 0.2) is 5.60 Å². The lowest BCUT2D eigenvalue weighted by Crippen LogP contribution is -2.27. The molecule has 0 spiro atoms. The predicted octanol–water partition coefficient (Wildman–Crippen LogP) is 8.43. The highest BCUT2D eigenvalue weighted by molar-refractivity contribution is 6.01. The number of aryl methyl sites for hydroxylation is 1. The van der Waals surface area contributed by atoms with Crippen molar-refractivity contribution in [1.82, 2.24) is 4.57 Å². The molecular weight excluding hydrogens is 542 g/mol. The second-order valence-electron chi connectivity index (χ2n) is 11.6. The zero-order valence-electron chi connectivity index (χ0n) is 26.6. The number of ether oxygens (including phenoxy) is 1.